The van der Waals surface area contributed by atoms with Gasteiger partial charge in [-0.05, 0) is 43.3 Å². The van der Waals surface area contributed by atoms with E-state index in [4.69, 9.17) is 4.74 Å². The van der Waals surface area contributed by atoms with E-state index >= 15 is 0 Å². The van der Waals surface area contributed by atoms with Crippen molar-refractivity contribution in [1.29, 1.82) is 5.26 Å². The lowest BCUT2D eigenvalue weighted by molar-refractivity contribution is -0.126. The number of halogens is 3. The van der Waals surface area contributed by atoms with E-state index in [1.165, 1.54) is 25.1 Å². The summed E-state index contributed by atoms with van der Waals surface area (Å²) >= 11 is 4.41. The quantitative estimate of drug-likeness (QED) is 0.603. The van der Waals surface area contributed by atoms with Crippen molar-refractivity contribution in [2.45, 2.75) is 19.1 Å². The zero-order chi connectivity index (χ0) is 21.6. The van der Waals surface area contributed by atoms with Crippen molar-refractivity contribution in [2.24, 2.45) is 0 Å². The summed E-state index contributed by atoms with van der Waals surface area (Å²) in [6, 6.07) is 7.80. The second-order valence-corrected chi connectivity index (χ2v) is 8.65. The third-order valence-corrected chi connectivity index (χ3v) is 6.27. The Morgan fingerprint density at radius 1 is 1.30 bits per heavy atom. The number of likely N-dealkylation sites (N-methyl/N-ethyl adjacent to an activating group) is 1. The van der Waals surface area contributed by atoms with E-state index in [-0.39, 0.29) is 11.6 Å². The first kappa shape index (κ1) is 20.6. The van der Waals surface area contributed by atoms with Crippen LogP contribution in [-0.4, -0.2) is 30.0 Å². The maximum absolute atomic E-state index is 14.5. The summed E-state index contributed by atoms with van der Waals surface area (Å²) in [6.45, 7) is 1.38. The summed E-state index contributed by atoms with van der Waals surface area (Å²) in [4.78, 5) is 18.8. The van der Waals surface area contributed by atoms with Crippen molar-refractivity contribution in [3.63, 3.8) is 0 Å². The summed E-state index contributed by atoms with van der Waals surface area (Å²) in [7, 11) is 1.69. The number of anilines is 1. The van der Waals surface area contributed by atoms with Gasteiger partial charge < -0.3 is 9.64 Å². The van der Waals surface area contributed by atoms with Crippen LogP contribution in [0.4, 0.5) is 13.9 Å². The number of hydrogen-bond acceptors (Lipinski definition) is 6. The second kappa shape index (κ2) is 7.87. The number of aromatic nitrogens is 1. The van der Waals surface area contributed by atoms with Crippen molar-refractivity contribution < 1.29 is 18.3 Å². The molecule has 5 nitrogen and oxygen atoms in total. The van der Waals surface area contributed by atoms with Crippen molar-refractivity contribution in [3.8, 4) is 17.3 Å². The van der Waals surface area contributed by atoms with Gasteiger partial charge in [-0.1, -0.05) is 27.3 Å². The lowest BCUT2D eigenvalue weighted by Crippen LogP contribution is -2.30. The minimum atomic E-state index is -0.968. The standard InChI is InChI=1S/C21H14BrF2N3O2S/c1-10(28)19-18(14-7-12(22)8-15(24)20(14)29-19)27(2)21-26-17(16(9-25)30-21)11-3-5-13(23)6-4-11/h3-8,19-20H,1-2H3. The highest BCUT2D eigenvalue weighted by Crippen LogP contribution is 2.42. The number of nitriles is 1. The number of ether oxygens (including phenoxy) is 1. The molecule has 1 aliphatic carbocycles. The van der Waals surface area contributed by atoms with Crippen LogP contribution >= 0.6 is 27.3 Å². The number of nitrogens with zero attached hydrogens (tertiary/aromatic N) is 3. The van der Waals surface area contributed by atoms with Crippen LogP contribution in [0, 0.1) is 17.1 Å². The smallest absolute Gasteiger partial charge is 0.191 e. The highest BCUT2D eigenvalue weighted by atomic mass is 79.9. The number of Topliss-reactive ketones (excluding diaryl/α,β-unsaturated/α-hetero) is 1. The molecule has 1 aromatic carbocycles. The molecule has 2 heterocycles. The summed E-state index contributed by atoms with van der Waals surface area (Å²) < 4.78 is 34.0. The van der Waals surface area contributed by atoms with E-state index in [0.717, 1.165) is 11.3 Å². The SMILES string of the molecule is CC(=O)C1OC2C(F)=CC(Br)=CC2=C1N(C)c1nc(-c2ccc(F)cc2)c(C#N)s1. The highest BCUT2D eigenvalue weighted by molar-refractivity contribution is 9.11. The van der Waals surface area contributed by atoms with Crippen molar-refractivity contribution >= 4 is 38.2 Å². The van der Waals surface area contributed by atoms with Crippen molar-refractivity contribution in [3.05, 3.63) is 68.7 Å². The molecule has 0 spiro atoms. The number of allylic oxidation sites excluding steroid dienone is 2. The Morgan fingerprint density at radius 3 is 2.63 bits per heavy atom. The van der Waals surface area contributed by atoms with E-state index < -0.39 is 18.0 Å². The molecule has 2 unspecified atom stereocenters. The number of carbonyl (C=O) groups is 1. The molecule has 9 heteroatoms. The molecule has 0 fully saturated rings. The first-order valence-electron chi connectivity index (χ1n) is 8.85. The van der Waals surface area contributed by atoms with E-state index in [1.54, 1.807) is 30.2 Å². The van der Waals surface area contributed by atoms with Crippen LogP contribution in [0.15, 0.2) is 58.0 Å². The molecule has 1 aromatic heterocycles. The molecule has 2 aromatic rings. The molecular formula is C21H14BrF2N3O2S. The molecule has 1 aliphatic heterocycles. The predicted octanol–water partition coefficient (Wildman–Crippen LogP) is 5.01. The van der Waals surface area contributed by atoms with Crippen LogP contribution in [0.25, 0.3) is 11.3 Å². The number of fused-ring (bicyclic) bond motifs is 1. The first-order valence-corrected chi connectivity index (χ1v) is 10.5. The third kappa shape index (κ3) is 3.51. The van der Waals surface area contributed by atoms with E-state index in [2.05, 4.69) is 27.0 Å². The molecule has 0 saturated carbocycles. The summed E-state index contributed by atoms with van der Waals surface area (Å²) in [5.41, 5.74) is 1.99. The van der Waals surface area contributed by atoms with Gasteiger partial charge in [0.1, 0.15) is 34.4 Å². The Kier molecular flexibility index (Phi) is 5.40. The molecule has 0 saturated heterocycles. The maximum atomic E-state index is 14.5. The van der Waals surface area contributed by atoms with E-state index in [9.17, 15) is 18.8 Å². The number of hydrogen-bond donors (Lipinski definition) is 0. The van der Waals surface area contributed by atoms with Gasteiger partial charge >= 0.3 is 0 Å². The fourth-order valence-corrected chi connectivity index (χ4v) is 4.74. The van der Waals surface area contributed by atoms with Crippen LogP contribution in [0.3, 0.4) is 0 Å². The van der Waals surface area contributed by atoms with Gasteiger partial charge in [0.05, 0.1) is 5.70 Å². The molecule has 0 N–H and O–H groups in total. The molecule has 0 amide bonds. The summed E-state index contributed by atoms with van der Waals surface area (Å²) in [6.07, 6.45) is 1.08. The number of thiazole rings is 1. The second-order valence-electron chi connectivity index (χ2n) is 6.76. The monoisotopic (exact) mass is 489 g/mol. The predicted molar refractivity (Wildman–Crippen MR) is 113 cm³/mol. The van der Waals surface area contributed by atoms with Gasteiger partial charge in [-0.3, -0.25) is 4.79 Å². The molecule has 0 bridgehead atoms. The Balaban J connectivity index is 1.81. The molecule has 30 heavy (non-hydrogen) atoms. The minimum Gasteiger partial charge on any atom is -0.349 e. The molecule has 4 rings (SSSR count). The van der Waals surface area contributed by atoms with E-state index in [0.29, 0.717) is 37.0 Å². The fraction of sp³-hybridized carbons (Fsp3) is 0.190. The fourth-order valence-electron chi connectivity index (χ4n) is 3.41. The number of rotatable bonds is 4. The summed E-state index contributed by atoms with van der Waals surface area (Å²) in [5, 5.41) is 9.99. The normalized spacial score (nSPS) is 20.4. The van der Waals surface area contributed by atoms with Gasteiger partial charge in [0.2, 0.25) is 0 Å². The van der Waals surface area contributed by atoms with Gasteiger partial charge in [0, 0.05) is 22.7 Å². The zero-order valence-corrected chi connectivity index (χ0v) is 18.2. The van der Waals surface area contributed by atoms with Gasteiger partial charge in [-0.2, -0.15) is 5.26 Å². The average molecular weight is 490 g/mol. The van der Waals surface area contributed by atoms with Crippen molar-refractivity contribution in [1.82, 2.24) is 4.98 Å². The molecule has 2 aliphatic rings. The Morgan fingerprint density at radius 2 is 2.00 bits per heavy atom. The lowest BCUT2D eigenvalue weighted by Gasteiger charge is -2.22. The number of carbonyl (C=O) groups excluding carboxylic acids is 1. The first-order chi connectivity index (χ1) is 14.3. The summed E-state index contributed by atoms with van der Waals surface area (Å²) in [5.74, 6) is -1.16. The molecule has 152 valence electrons. The largest absolute Gasteiger partial charge is 0.349 e. The maximum Gasteiger partial charge on any atom is 0.191 e. The van der Waals surface area contributed by atoms with Crippen LogP contribution < -0.4 is 4.90 Å². The van der Waals surface area contributed by atoms with Gasteiger partial charge in [0.25, 0.3) is 0 Å². The number of benzene rings is 1. The Hall–Kier alpha value is -2.67. The van der Waals surface area contributed by atoms with Gasteiger partial charge in [0.15, 0.2) is 17.0 Å². The minimum absolute atomic E-state index is 0.271. The van der Waals surface area contributed by atoms with Gasteiger partial charge in [-0.15, -0.1) is 0 Å². The topological polar surface area (TPSA) is 66.2 Å². The van der Waals surface area contributed by atoms with Crippen LogP contribution in [0.5, 0.6) is 0 Å². The number of ketones is 1. The van der Waals surface area contributed by atoms with Gasteiger partial charge in [-0.25, -0.2) is 13.8 Å². The van der Waals surface area contributed by atoms with Crippen molar-refractivity contribution in [2.75, 3.05) is 11.9 Å². The average Bonchev–Trinajstić information content (AvgIpc) is 3.30. The van der Waals surface area contributed by atoms with Crippen LogP contribution in [0.1, 0.15) is 11.8 Å². The third-order valence-electron chi connectivity index (χ3n) is 4.77. The molecule has 0 radical (unpaired) electrons. The molecule has 2 atom stereocenters. The van der Waals surface area contributed by atoms with E-state index in [1.807, 2.05) is 0 Å². The zero-order valence-electron chi connectivity index (χ0n) is 15.8. The molecular weight excluding hydrogens is 476 g/mol. The van der Waals surface area contributed by atoms with Crippen LogP contribution in [0.2, 0.25) is 0 Å². The Bertz CT molecular complexity index is 1180. The van der Waals surface area contributed by atoms with Crippen LogP contribution in [-0.2, 0) is 9.53 Å². The lowest BCUT2D eigenvalue weighted by atomic mass is 10.0. The highest BCUT2D eigenvalue weighted by Gasteiger charge is 2.42. The Labute approximate surface area is 183 Å².